The number of nitrogens with zero attached hydrogens (tertiary/aromatic N) is 4. The van der Waals surface area contributed by atoms with E-state index in [1.54, 1.807) is 7.05 Å². The second kappa shape index (κ2) is 8.54. The minimum atomic E-state index is -0.466. The molecule has 0 saturated heterocycles. The minimum Gasteiger partial charge on any atom is -0.352 e. The lowest BCUT2D eigenvalue weighted by Gasteiger charge is -2.25. The average Bonchev–Trinajstić information content (AvgIpc) is 2.95. The minimum absolute atomic E-state index is 0. The highest BCUT2D eigenvalue weighted by atomic mass is 127. The van der Waals surface area contributed by atoms with E-state index >= 15 is 0 Å². The van der Waals surface area contributed by atoms with Crippen LogP contribution in [0.15, 0.2) is 23.2 Å². The van der Waals surface area contributed by atoms with Crippen LogP contribution in [0, 0.1) is 18.6 Å². The number of hydrogen-bond donors (Lipinski definition) is 2. The van der Waals surface area contributed by atoms with Crippen LogP contribution in [0.4, 0.5) is 8.78 Å². The second-order valence-corrected chi connectivity index (χ2v) is 5.74. The molecule has 1 unspecified atom stereocenters. The summed E-state index contributed by atoms with van der Waals surface area (Å²) in [7, 11) is 1.63. The van der Waals surface area contributed by atoms with Crippen LogP contribution in [0.25, 0.3) is 0 Å². The van der Waals surface area contributed by atoms with E-state index in [2.05, 4.69) is 25.7 Å². The van der Waals surface area contributed by atoms with Crippen LogP contribution in [0.5, 0.6) is 0 Å². The summed E-state index contributed by atoms with van der Waals surface area (Å²) < 4.78 is 28.8. The zero-order valence-corrected chi connectivity index (χ0v) is 16.4. The monoisotopic (exact) mass is 462 g/mol. The third kappa shape index (κ3) is 4.65. The Morgan fingerprint density at radius 1 is 1.40 bits per heavy atom. The van der Waals surface area contributed by atoms with Crippen molar-refractivity contribution in [3.05, 3.63) is 47.0 Å². The van der Waals surface area contributed by atoms with Crippen LogP contribution < -0.4 is 10.6 Å². The fraction of sp³-hybridized carbons (Fsp3) is 0.438. The molecule has 1 aliphatic rings. The summed E-state index contributed by atoms with van der Waals surface area (Å²) in [6, 6.07) is 3.39. The molecule has 136 valence electrons. The van der Waals surface area contributed by atoms with Gasteiger partial charge in [0.15, 0.2) is 5.96 Å². The van der Waals surface area contributed by atoms with Crippen molar-refractivity contribution in [2.24, 2.45) is 4.99 Å². The Hall–Kier alpha value is -1.78. The fourth-order valence-electron chi connectivity index (χ4n) is 2.82. The molecule has 2 heterocycles. The fourth-order valence-corrected chi connectivity index (χ4v) is 2.82. The largest absolute Gasteiger partial charge is 0.352 e. The lowest BCUT2D eigenvalue weighted by Crippen LogP contribution is -2.41. The molecule has 0 aliphatic carbocycles. The highest BCUT2D eigenvalue weighted by Gasteiger charge is 2.24. The first-order valence-corrected chi connectivity index (χ1v) is 7.89. The molecular weight excluding hydrogens is 441 g/mol. The van der Waals surface area contributed by atoms with Gasteiger partial charge in [-0.3, -0.25) is 4.99 Å². The van der Waals surface area contributed by atoms with Crippen LogP contribution in [0.1, 0.15) is 36.1 Å². The van der Waals surface area contributed by atoms with Crippen molar-refractivity contribution >= 4 is 29.9 Å². The van der Waals surface area contributed by atoms with E-state index in [9.17, 15) is 8.78 Å². The van der Waals surface area contributed by atoms with E-state index < -0.39 is 11.6 Å². The van der Waals surface area contributed by atoms with E-state index in [1.807, 2.05) is 11.6 Å². The quantitative estimate of drug-likeness (QED) is 0.419. The maximum absolute atomic E-state index is 13.7. The van der Waals surface area contributed by atoms with Crippen molar-refractivity contribution in [3.8, 4) is 0 Å². The number of rotatable bonds is 3. The molecule has 25 heavy (non-hydrogen) atoms. The van der Waals surface area contributed by atoms with Crippen molar-refractivity contribution in [2.75, 3.05) is 7.05 Å². The first-order chi connectivity index (χ1) is 11.6. The normalized spacial score (nSPS) is 16.8. The maximum atomic E-state index is 13.7. The molecule has 2 aromatic rings. The molecule has 0 spiro atoms. The van der Waals surface area contributed by atoms with Crippen molar-refractivity contribution in [2.45, 2.75) is 38.9 Å². The highest BCUT2D eigenvalue weighted by molar-refractivity contribution is 14.0. The van der Waals surface area contributed by atoms with Gasteiger partial charge >= 0.3 is 0 Å². The molecule has 0 saturated carbocycles. The molecule has 0 radical (unpaired) electrons. The first kappa shape index (κ1) is 19.5. The molecule has 1 aromatic carbocycles. The summed E-state index contributed by atoms with van der Waals surface area (Å²) in [5.74, 6) is 1.21. The molecule has 1 aliphatic heterocycles. The van der Waals surface area contributed by atoms with Gasteiger partial charge in [0.1, 0.15) is 23.3 Å². The average molecular weight is 462 g/mol. The molecule has 1 aromatic heterocycles. The van der Waals surface area contributed by atoms with Gasteiger partial charge in [0, 0.05) is 25.7 Å². The number of hydrogen-bond acceptors (Lipinski definition) is 3. The third-order valence-electron chi connectivity index (χ3n) is 3.97. The van der Waals surface area contributed by atoms with Crippen LogP contribution >= 0.6 is 24.0 Å². The highest BCUT2D eigenvalue weighted by Crippen LogP contribution is 2.22. The smallest absolute Gasteiger partial charge is 0.191 e. The molecule has 0 bridgehead atoms. The van der Waals surface area contributed by atoms with E-state index in [4.69, 9.17) is 0 Å². The molecule has 6 nitrogen and oxygen atoms in total. The van der Waals surface area contributed by atoms with Crippen molar-refractivity contribution in [1.82, 2.24) is 25.4 Å². The summed E-state index contributed by atoms with van der Waals surface area (Å²) in [5.41, 5.74) is 0.251. The lowest BCUT2D eigenvalue weighted by atomic mass is 10.1. The number of aromatic nitrogens is 3. The third-order valence-corrected chi connectivity index (χ3v) is 3.97. The van der Waals surface area contributed by atoms with Gasteiger partial charge in [0.25, 0.3) is 0 Å². The molecule has 3 rings (SSSR count). The predicted molar refractivity (Wildman–Crippen MR) is 102 cm³/mol. The Morgan fingerprint density at radius 2 is 2.20 bits per heavy atom. The lowest BCUT2D eigenvalue weighted by molar-refractivity contribution is 0.397. The van der Waals surface area contributed by atoms with Crippen LogP contribution in [-0.2, 0) is 13.1 Å². The van der Waals surface area contributed by atoms with Gasteiger partial charge < -0.3 is 10.6 Å². The first-order valence-electron chi connectivity index (χ1n) is 7.89. The number of fused-ring (bicyclic) bond motifs is 1. The molecule has 9 heteroatoms. The van der Waals surface area contributed by atoms with Gasteiger partial charge in [-0.25, -0.2) is 18.4 Å². The number of aliphatic imine (C=N–C) groups is 1. The standard InChI is InChI=1S/C16H20F2N6.HI/c1-10-21-15-14(4-3-7-24(15)23-10)22-16(19-2)20-9-11-8-12(17)5-6-13(11)18;/h5-6,8,14H,3-4,7,9H2,1-2H3,(H2,19,20,22);1H. The zero-order valence-electron chi connectivity index (χ0n) is 14.1. The summed E-state index contributed by atoms with van der Waals surface area (Å²) in [5, 5.41) is 10.7. The molecule has 0 amide bonds. The van der Waals surface area contributed by atoms with Gasteiger partial charge in [0.2, 0.25) is 0 Å². The van der Waals surface area contributed by atoms with Crippen LogP contribution in [-0.4, -0.2) is 27.8 Å². The number of halogens is 3. The Kier molecular flexibility index (Phi) is 6.68. The summed E-state index contributed by atoms with van der Waals surface area (Å²) in [4.78, 5) is 8.61. The summed E-state index contributed by atoms with van der Waals surface area (Å²) in [6.07, 6.45) is 1.90. The van der Waals surface area contributed by atoms with E-state index in [1.165, 1.54) is 6.07 Å². The molecule has 0 fully saturated rings. The van der Waals surface area contributed by atoms with Crippen LogP contribution in [0.2, 0.25) is 0 Å². The Balaban J connectivity index is 0.00000225. The number of aryl methyl sites for hydroxylation is 2. The Morgan fingerprint density at radius 3 is 2.96 bits per heavy atom. The van der Waals surface area contributed by atoms with Crippen molar-refractivity contribution < 1.29 is 8.78 Å². The second-order valence-electron chi connectivity index (χ2n) is 5.74. The van der Waals surface area contributed by atoms with E-state index in [0.29, 0.717) is 5.96 Å². The van der Waals surface area contributed by atoms with Gasteiger partial charge in [0.05, 0.1) is 6.04 Å². The van der Waals surface area contributed by atoms with Crippen LogP contribution in [0.3, 0.4) is 0 Å². The van der Waals surface area contributed by atoms with Gasteiger partial charge in [-0.15, -0.1) is 24.0 Å². The van der Waals surface area contributed by atoms with E-state index in [0.717, 1.165) is 43.2 Å². The number of nitrogens with one attached hydrogen (secondary N) is 2. The molecular formula is C16H21F2IN6. The number of benzene rings is 1. The topological polar surface area (TPSA) is 67.1 Å². The Bertz CT molecular complexity index is 761. The zero-order chi connectivity index (χ0) is 17.1. The van der Waals surface area contributed by atoms with Crippen molar-refractivity contribution in [3.63, 3.8) is 0 Å². The molecule has 1 atom stereocenters. The Labute approximate surface area is 162 Å². The van der Waals surface area contributed by atoms with Gasteiger partial charge in [-0.05, 0) is 38.0 Å². The SMILES string of the molecule is CN=C(NCc1cc(F)ccc1F)NC1CCCn2nc(C)nc21.I. The van der Waals surface area contributed by atoms with Gasteiger partial charge in [-0.1, -0.05) is 0 Å². The summed E-state index contributed by atoms with van der Waals surface area (Å²) >= 11 is 0. The molecule has 2 N–H and O–H groups in total. The summed E-state index contributed by atoms with van der Waals surface area (Å²) in [6.45, 7) is 2.86. The van der Waals surface area contributed by atoms with Crippen molar-refractivity contribution in [1.29, 1.82) is 0 Å². The number of guanidine groups is 1. The predicted octanol–water partition coefficient (Wildman–Crippen LogP) is 2.68. The van der Waals surface area contributed by atoms with Gasteiger partial charge in [-0.2, -0.15) is 5.10 Å². The maximum Gasteiger partial charge on any atom is 0.191 e. The van der Waals surface area contributed by atoms with E-state index in [-0.39, 0.29) is 42.1 Å².